The maximum absolute atomic E-state index is 12.6. The van der Waals surface area contributed by atoms with Crippen LogP contribution < -0.4 is 0 Å². The minimum atomic E-state index is -0.971. The van der Waals surface area contributed by atoms with Gasteiger partial charge in [-0.25, -0.2) is 4.79 Å². The second-order valence-electron chi connectivity index (χ2n) is 7.63. The van der Waals surface area contributed by atoms with Crippen LogP contribution in [-0.4, -0.2) is 16.9 Å². The number of ketones is 1. The zero-order valence-electron chi connectivity index (χ0n) is 14.4. The summed E-state index contributed by atoms with van der Waals surface area (Å²) < 4.78 is 0. The number of thiophene rings is 1. The second kappa shape index (κ2) is 6.10. The van der Waals surface area contributed by atoms with Gasteiger partial charge in [-0.1, -0.05) is 19.1 Å². The van der Waals surface area contributed by atoms with Gasteiger partial charge in [-0.15, -0.1) is 11.3 Å². The summed E-state index contributed by atoms with van der Waals surface area (Å²) in [4.78, 5) is 24.3. The van der Waals surface area contributed by atoms with Gasteiger partial charge in [-0.05, 0) is 78.3 Å². The number of hydrogen-bond donors (Lipinski definition) is 1. The maximum atomic E-state index is 12.6. The van der Waals surface area contributed by atoms with Crippen molar-refractivity contribution in [3.63, 3.8) is 0 Å². The first-order valence-corrected chi connectivity index (χ1v) is 9.79. The highest BCUT2D eigenvalue weighted by Crippen LogP contribution is 2.46. The van der Waals surface area contributed by atoms with E-state index in [9.17, 15) is 9.59 Å². The first-order valence-electron chi connectivity index (χ1n) is 8.98. The zero-order chi connectivity index (χ0) is 17.6. The molecule has 0 amide bonds. The largest absolute Gasteiger partial charge is 0.477 e. The average molecular weight is 354 g/mol. The first kappa shape index (κ1) is 16.5. The third-order valence-corrected chi connectivity index (χ3v) is 6.88. The molecule has 2 aliphatic rings. The summed E-state index contributed by atoms with van der Waals surface area (Å²) in [7, 11) is 0. The van der Waals surface area contributed by atoms with Crippen molar-refractivity contribution in [3.8, 4) is 0 Å². The second-order valence-corrected chi connectivity index (χ2v) is 8.71. The third kappa shape index (κ3) is 2.93. The van der Waals surface area contributed by atoms with Crippen LogP contribution in [-0.2, 0) is 24.7 Å². The van der Waals surface area contributed by atoms with Crippen molar-refractivity contribution in [2.45, 2.75) is 57.3 Å². The van der Waals surface area contributed by atoms with Crippen molar-refractivity contribution in [3.05, 3.63) is 56.3 Å². The van der Waals surface area contributed by atoms with Crippen LogP contribution in [0, 0.1) is 0 Å². The number of aromatic carboxylic acids is 1. The molecule has 0 unspecified atom stereocenters. The molecule has 25 heavy (non-hydrogen) atoms. The molecule has 3 nitrogen and oxygen atoms in total. The van der Waals surface area contributed by atoms with E-state index >= 15 is 0 Å². The molecule has 1 aromatic heterocycles. The maximum Gasteiger partial charge on any atom is 0.345 e. The lowest BCUT2D eigenvalue weighted by Gasteiger charge is -2.41. The van der Waals surface area contributed by atoms with E-state index in [-0.39, 0.29) is 10.7 Å². The molecular formula is C21H22O3S. The first-order chi connectivity index (χ1) is 12.0. The van der Waals surface area contributed by atoms with E-state index in [0.717, 1.165) is 29.7 Å². The van der Waals surface area contributed by atoms with Crippen LogP contribution >= 0.6 is 11.3 Å². The van der Waals surface area contributed by atoms with Gasteiger partial charge in [0.15, 0.2) is 5.78 Å². The van der Waals surface area contributed by atoms with Gasteiger partial charge >= 0.3 is 5.97 Å². The highest BCUT2D eigenvalue weighted by atomic mass is 32.1. The Kier molecular flexibility index (Phi) is 4.03. The molecule has 130 valence electrons. The zero-order valence-corrected chi connectivity index (χ0v) is 15.2. The normalized spacial score (nSPS) is 17.8. The van der Waals surface area contributed by atoms with Gasteiger partial charge in [0.25, 0.3) is 0 Å². The predicted molar refractivity (Wildman–Crippen MR) is 99.0 cm³/mol. The smallest absolute Gasteiger partial charge is 0.345 e. The Balaban J connectivity index is 1.63. The number of aryl methyl sites for hydroxylation is 2. The Morgan fingerprint density at radius 3 is 2.24 bits per heavy atom. The molecule has 0 saturated heterocycles. The number of benzene rings is 1. The molecule has 4 rings (SSSR count). The Bertz CT molecular complexity index is 831. The van der Waals surface area contributed by atoms with E-state index in [4.69, 9.17) is 5.11 Å². The minimum absolute atomic E-state index is 0.0130. The lowest BCUT2D eigenvalue weighted by Crippen LogP contribution is -2.32. The Labute approximate surface area is 151 Å². The van der Waals surface area contributed by atoms with Gasteiger partial charge in [0.05, 0.1) is 4.88 Å². The summed E-state index contributed by atoms with van der Waals surface area (Å²) in [5, 5.41) is 9.02. The Morgan fingerprint density at radius 1 is 1.08 bits per heavy atom. The van der Waals surface area contributed by atoms with Gasteiger partial charge < -0.3 is 5.11 Å². The number of carboxylic acids is 1. The predicted octanol–water partition coefficient (Wildman–Crippen LogP) is 4.80. The number of hydrogen-bond acceptors (Lipinski definition) is 3. The van der Waals surface area contributed by atoms with Crippen molar-refractivity contribution in [2.75, 3.05) is 0 Å². The lowest BCUT2D eigenvalue weighted by atomic mass is 9.63. The molecule has 1 N–H and O–H groups in total. The molecule has 1 aromatic carbocycles. The molecule has 1 heterocycles. The van der Waals surface area contributed by atoms with Crippen molar-refractivity contribution in [1.29, 1.82) is 0 Å². The molecule has 0 radical (unpaired) electrons. The fourth-order valence-electron chi connectivity index (χ4n) is 4.70. The Morgan fingerprint density at radius 2 is 1.68 bits per heavy atom. The van der Waals surface area contributed by atoms with E-state index in [1.807, 2.05) is 0 Å². The molecule has 0 saturated carbocycles. The highest BCUT2D eigenvalue weighted by molar-refractivity contribution is 7.15. The van der Waals surface area contributed by atoms with Crippen LogP contribution in [0.15, 0.2) is 24.3 Å². The van der Waals surface area contributed by atoms with Crippen molar-refractivity contribution >= 4 is 23.1 Å². The van der Waals surface area contributed by atoms with E-state index in [2.05, 4.69) is 19.1 Å². The van der Waals surface area contributed by atoms with Crippen molar-refractivity contribution in [2.24, 2.45) is 0 Å². The van der Waals surface area contributed by atoms with Gasteiger partial charge in [-0.2, -0.15) is 0 Å². The number of carbonyl (C=O) groups is 2. The van der Waals surface area contributed by atoms with E-state index < -0.39 is 5.97 Å². The minimum Gasteiger partial charge on any atom is -0.477 e. The highest BCUT2D eigenvalue weighted by Gasteiger charge is 2.36. The van der Waals surface area contributed by atoms with Crippen molar-refractivity contribution < 1.29 is 14.7 Å². The molecule has 0 atom stereocenters. The van der Waals surface area contributed by atoms with Gasteiger partial charge in [0.2, 0.25) is 0 Å². The lowest BCUT2D eigenvalue weighted by molar-refractivity contribution is 0.0702. The summed E-state index contributed by atoms with van der Waals surface area (Å²) in [6.07, 6.45) is 7.60. The van der Waals surface area contributed by atoms with Gasteiger partial charge in [0.1, 0.15) is 4.88 Å². The summed E-state index contributed by atoms with van der Waals surface area (Å²) in [6.45, 7) is 2.40. The molecular weight excluding hydrogens is 332 g/mol. The Hall–Kier alpha value is -1.94. The van der Waals surface area contributed by atoms with Crippen molar-refractivity contribution in [1.82, 2.24) is 0 Å². The SMILES string of the molecule is CC12CCCc3cc(CC(=O)c4ccc(C(=O)O)s4)cc(c31)CCC2. The molecule has 0 fully saturated rings. The molecule has 0 bridgehead atoms. The summed E-state index contributed by atoms with van der Waals surface area (Å²) in [5.41, 5.74) is 5.84. The summed E-state index contributed by atoms with van der Waals surface area (Å²) in [5.74, 6) is -0.958. The fraction of sp³-hybridized carbons (Fsp3) is 0.429. The molecule has 0 spiro atoms. The monoisotopic (exact) mass is 354 g/mol. The number of carbonyl (C=O) groups excluding carboxylic acids is 1. The molecule has 0 aliphatic heterocycles. The van der Waals surface area contributed by atoms with Crippen LogP contribution in [0.2, 0.25) is 0 Å². The quantitative estimate of drug-likeness (QED) is 0.802. The van der Waals surface area contributed by atoms with E-state index in [0.29, 0.717) is 16.7 Å². The fourth-order valence-corrected chi connectivity index (χ4v) is 5.48. The molecule has 4 heteroatoms. The van der Waals surface area contributed by atoms with E-state index in [1.54, 1.807) is 11.6 Å². The van der Waals surface area contributed by atoms with Gasteiger partial charge in [0, 0.05) is 6.42 Å². The van der Waals surface area contributed by atoms with Crippen LogP contribution in [0.3, 0.4) is 0 Å². The summed E-state index contributed by atoms with van der Waals surface area (Å²) >= 11 is 1.07. The average Bonchev–Trinajstić information content (AvgIpc) is 3.05. The molecule has 2 aromatic rings. The molecule has 2 aliphatic carbocycles. The number of carboxylic acid groups (broad SMARTS) is 1. The number of rotatable bonds is 4. The number of Topliss-reactive ketones (excluding diaryl/α,β-unsaturated/α-hetero) is 1. The standard InChI is InChI=1S/C21H22O3S/c1-21-8-2-4-14-10-13(11-15(19(14)21)5-3-9-21)12-16(22)17-6-7-18(25-17)20(23)24/h6-7,10-11H,2-5,8-9,12H2,1H3,(H,23,24). The third-order valence-electron chi connectivity index (χ3n) is 5.77. The van der Waals surface area contributed by atoms with Crippen LogP contribution in [0.4, 0.5) is 0 Å². The van der Waals surface area contributed by atoms with Crippen LogP contribution in [0.1, 0.15) is 74.2 Å². The van der Waals surface area contributed by atoms with Crippen LogP contribution in [0.25, 0.3) is 0 Å². The topological polar surface area (TPSA) is 54.4 Å². The summed E-state index contributed by atoms with van der Waals surface area (Å²) in [6, 6.07) is 7.61. The van der Waals surface area contributed by atoms with E-state index in [1.165, 1.54) is 42.9 Å². The van der Waals surface area contributed by atoms with Crippen LogP contribution in [0.5, 0.6) is 0 Å². The van der Waals surface area contributed by atoms with Gasteiger partial charge in [-0.3, -0.25) is 4.79 Å².